The van der Waals surface area contributed by atoms with Crippen LogP contribution < -0.4 is 0 Å². The molecule has 0 spiro atoms. The fourth-order valence-electron chi connectivity index (χ4n) is 1.10. The molecule has 92 valence electrons. The Kier molecular flexibility index (Phi) is 7.27. The molecule has 0 atom stereocenters. The third-order valence-corrected chi connectivity index (χ3v) is 1.87. The van der Waals surface area contributed by atoms with E-state index in [1.165, 1.54) is 0 Å². The predicted octanol–water partition coefficient (Wildman–Crippen LogP) is 2.51. The zero-order valence-corrected chi connectivity index (χ0v) is 10.5. The number of carbonyl (C=O) groups is 1. The SMILES string of the molecule is CN(C)C(=O)[c-]1[cH-][cH-][cH-][cH-]1.[Fe].c1cc[cH-]c1. The van der Waals surface area contributed by atoms with Crippen molar-refractivity contribution in [3.8, 4) is 0 Å². The van der Waals surface area contributed by atoms with E-state index in [2.05, 4.69) is 0 Å². The molecule has 0 N–H and O–H groups in total. The molecule has 2 aromatic rings. The van der Waals surface area contributed by atoms with Crippen LogP contribution in [0.4, 0.5) is 0 Å². The fraction of sp³-hybridized carbons (Fsp3) is 0.154. The van der Waals surface area contributed by atoms with E-state index in [4.69, 9.17) is 0 Å². The van der Waals surface area contributed by atoms with Crippen LogP contribution in [-0.2, 0) is 17.1 Å². The zero-order chi connectivity index (χ0) is 11.1. The third kappa shape index (κ3) is 4.96. The number of carbonyl (C=O) groups excluding carboxylic acids is 1. The van der Waals surface area contributed by atoms with Gasteiger partial charge in [-0.25, -0.2) is 12.1 Å². The Balaban J connectivity index is 0.000000318. The summed E-state index contributed by atoms with van der Waals surface area (Å²) in [6, 6.07) is 17.3. The average molecular weight is 257 g/mol. The predicted molar refractivity (Wildman–Crippen MR) is 62.1 cm³/mol. The Morgan fingerprint density at radius 1 is 1.12 bits per heavy atom. The summed E-state index contributed by atoms with van der Waals surface area (Å²) in [5, 5.41) is 0. The van der Waals surface area contributed by atoms with E-state index in [1.807, 2.05) is 54.6 Å². The van der Waals surface area contributed by atoms with Crippen molar-refractivity contribution in [2.24, 2.45) is 0 Å². The minimum Gasteiger partial charge on any atom is -0.699 e. The third-order valence-electron chi connectivity index (χ3n) is 1.87. The standard InChI is InChI=1S/C8H10NO.C5H5.Fe/c1-9(2)8(10)7-5-3-4-6-7;1-2-4-5-3-1;/h3-6H,1-2H3;1-5H;/q-5;-1;. The smallest absolute Gasteiger partial charge is 0 e. The molecule has 0 unspecified atom stereocenters. The zero-order valence-electron chi connectivity index (χ0n) is 9.41. The van der Waals surface area contributed by atoms with E-state index in [0.717, 1.165) is 5.56 Å². The molecule has 16 heavy (non-hydrogen) atoms. The molecule has 0 aliphatic heterocycles. The summed E-state index contributed by atoms with van der Waals surface area (Å²) in [6.07, 6.45) is 0. The van der Waals surface area contributed by atoms with Crippen molar-refractivity contribution in [2.75, 3.05) is 14.1 Å². The maximum atomic E-state index is 11.1. The first kappa shape index (κ1) is 14.7. The van der Waals surface area contributed by atoms with Gasteiger partial charge >= 0.3 is 0 Å². The van der Waals surface area contributed by atoms with Gasteiger partial charge in [0.1, 0.15) is 0 Å². The van der Waals surface area contributed by atoms with Crippen molar-refractivity contribution in [3.63, 3.8) is 0 Å². The minimum atomic E-state index is 0. The monoisotopic (exact) mass is 257 g/mol. The second-order valence-corrected chi connectivity index (χ2v) is 3.34. The summed E-state index contributed by atoms with van der Waals surface area (Å²) >= 11 is 0. The summed E-state index contributed by atoms with van der Waals surface area (Å²) in [6.45, 7) is 0. The van der Waals surface area contributed by atoms with Gasteiger partial charge < -0.3 is 39.5 Å². The van der Waals surface area contributed by atoms with Gasteiger partial charge in [-0.05, 0) is 14.1 Å². The summed E-state index contributed by atoms with van der Waals surface area (Å²) in [7, 11) is 3.49. The summed E-state index contributed by atoms with van der Waals surface area (Å²) in [5.41, 5.74) is 0.755. The normalized spacial score (nSPS) is 8.38. The van der Waals surface area contributed by atoms with E-state index in [1.54, 1.807) is 19.0 Å². The molecule has 0 aromatic heterocycles. The van der Waals surface area contributed by atoms with Crippen molar-refractivity contribution in [1.82, 2.24) is 4.90 Å². The topological polar surface area (TPSA) is 20.3 Å². The van der Waals surface area contributed by atoms with Crippen LogP contribution >= 0.6 is 0 Å². The van der Waals surface area contributed by atoms with Crippen LogP contribution in [0.25, 0.3) is 0 Å². The molecule has 0 aliphatic carbocycles. The molecule has 0 saturated carbocycles. The molecule has 3 heteroatoms. The van der Waals surface area contributed by atoms with Crippen LogP contribution in [0, 0.1) is 0 Å². The minimum absolute atomic E-state index is 0. The molecule has 0 heterocycles. The molecule has 2 rings (SSSR count). The number of nitrogens with zero attached hydrogens (tertiary/aromatic N) is 1. The van der Waals surface area contributed by atoms with Gasteiger partial charge in [0.05, 0.1) is 0 Å². The number of rotatable bonds is 1. The van der Waals surface area contributed by atoms with Gasteiger partial charge in [0.25, 0.3) is 0 Å². The summed E-state index contributed by atoms with van der Waals surface area (Å²) in [4.78, 5) is 12.7. The number of hydrogen-bond donors (Lipinski definition) is 0. The quantitative estimate of drug-likeness (QED) is 0.567. The Hall–Kier alpha value is -1.31. The first-order chi connectivity index (χ1) is 7.22. The number of amides is 1. The second kappa shape index (κ2) is 7.91. The van der Waals surface area contributed by atoms with Gasteiger partial charge in [-0.3, -0.25) is 0 Å². The van der Waals surface area contributed by atoms with Crippen LogP contribution in [0.1, 0.15) is 10.4 Å². The van der Waals surface area contributed by atoms with E-state index >= 15 is 0 Å². The Morgan fingerprint density at radius 3 is 1.94 bits per heavy atom. The van der Waals surface area contributed by atoms with Crippen LogP contribution in [0.15, 0.2) is 54.6 Å². The molecule has 0 saturated heterocycles. The average Bonchev–Trinajstić information content (AvgIpc) is 2.92. The van der Waals surface area contributed by atoms with E-state index in [9.17, 15) is 4.79 Å². The summed E-state index contributed by atoms with van der Waals surface area (Å²) < 4.78 is 0. The first-order valence-corrected chi connectivity index (χ1v) is 4.82. The van der Waals surface area contributed by atoms with Gasteiger partial charge in [0.2, 0.25) is 0 Å². The van der Waals surface area contributed by atoms with Crippen LogP contribution in [-0.4, -0.2) is 24.9 Å². The first-order valence-electron chi connectivity index (χ1n) is 4.82. The second-order valence-electron chi connectivity index (χ2n) is 3.34. The van der Waals surface area contributed by atoms with Gasteiger partial charge in [-0.1, -0.05) is 0 Å². The fourth-order valence-corrected chi connectivity index (χ4v) is 1.10. The van der Waals surface area contributed by atoms with E-state index in [0.29, 0.717) is 0 Å². The molecule has 2 aromatic carbocycles. The molecular formula is C13H15FeNO-6. The molecule has 0 aliphatic rings. The van der Waals surface area contributed by atoms with Gasteiger partial charge in [0.15, 0.2) is 0 Å². The van der Waals surface area contributed by atoms with Crippen molar-refractivity contribution in [3.05, 3.63) is 60.2 Å². The Morgan fingerprint density at radius 2 is 1.62 bits per heavy atom. The summed E-state index contributed by atoms with van der Waals surface area (Å²) in [5.74, 6) is 0.0602. The molecule has 0 bridgehead atoms. The van der Waals surface area contributed by atoms with Crippen molar-refractivity contribution < 1.29 is 21.9 Å². The Labute approximate surface area is 107 Å². The van der Waals surface area contributed by atoms with Crippen molar-refractivity contribution >= 4 is 5.91 Å². The number of hydrogen-bond acceptors (Lipinski definition) is 1. The van der Waals surface area contributed by atoms with E-state index < -0.39 is 0 Å². The van der Waals surface area contributed by atoms with Crippen LogP contribution in [0.3, 0.4) is 0 Å². The van der Waals surface area contributed by atoms with Crippen LogP contribution in [0.5, 0.6) is 0 Å². The van der Waals surface area contributed by atoms with Gasteiger partial charge in [0, 0.05) is 17.1 Å². The van der Waals surface area contributed by atoms with Crippen molar-refractivity contribution in [2.45, 2.75) is 0 Å². The molecule has 2 nitrogen and oxygen atoms in total. The maximum Gasteiger partial charge on any atom is 0 e. The maximum absolute atomic E-state index is 11.1. The van der Waals surface area contributed by atoms with E-state index in [-0.39, 0.29) is 23.0 Å². The molecule has 0 fully saturated rings. The van der Waals surface area contributed by atoms with Crippen molar-refractivity contribution in [1.29, 1.82) is 0 Å². The van der Waals surface area contributed by atoms with Gasteiger partial charge in [-0.2, -0.15) is 24.1 Å². The largest absolute Gasteiger partial charge is 0.699 e. The van der Waals surface area contributed by atoms with Gasteiger partial charge in [-0.15, -0.1) is 0 Å². The Bertz CT molecular complexity index is 345. The molecule has 1 amide bonds. The molecule has 0 radical (unpaired) electrons. The van der Waals surface area contributed by atoms with Crippen LogP contribution in [0.2, 0.25) is 0 Å². The molecular weight excluding hydrogens is 242 g/mol.